The summed E-state index contributed by atoms with van der Waals surface area (Å²) in [6.45, 7) is 4.25. The van der Waals surface area contributed by atoms with Crippen molar-refractivity contribution in [2.75, 3.05) is 20.2 Å². The lowest BCUT2D eigenvalue weighted by Gasteiger charge is -2.16. The molecule has 4 nitrogen and oxygen atoms in total. The number of likely N-dealkylation sites (N-methyl/N-ethyl adjacent to an activating group) is 1. The molecule has 1 amide bonds. The maximum absolute atomic E-state index is 12.4. The van der Waals surface area contributed by atoms with Gasteiger partial charge in [-0.25, -0.2) is 0 Å². The summed E-state index contributed by atoms with van der Waals surface area (Å²) in [6.07, 6.45) is 0. The average Bonchev–Trinajstić information content (AvgIpc) is 2.74. The van der Waals surface area contributed by atoms with Gasteiger partial charge in [0.05, 0.1) is 12.2 Å². The highest BCUT2D eigenvalue weighted by Crippen LogP contribution is 2.21. The fourth-order valence-electron chi connectivity index (χ4n) is 2.41. The number of aliphatic hydroxyl groups excluding tert-OH is 1. The maximum Gasteiger partial charge on any atom is 0.255 e. The minimum Gasteiger partial charge on any atom is -0.395 e. The van der Waals surface area contributed by atoms with Crippen LogP contribution in [0.1, 0.15) is 21.7 Å². The number of amides is 1. The minimum absolute atomic E-state index is 0.0281. The molecule has 1 N–H and O–H groups in total. The van der Waals surface area contributed by atoms with Gasteiger partial charge in [-0.05, 0) is 32.0 Å². The first kappa shape index (κ1) is 14.3. The van der Waals surface area contributed by atoms with Gasteiger partial charge in [0.1, 0.15) is 0 Å². The maximum atomic E-state index is 12.4. The van der Waals surface area contributed by atoms with Gasteiger partial charge in [-0.3, -0.25) is 4.79 Å². The second-order valence-corrected chi connectivity index (χ2v) is 4.91. The summed E-state index contributed by atoms with van der Waals surface area (Å²) in [4.78, 5) is 13.9. The molecule has 4 heteroatoms. The summed E-state index contributed by atoms with van der Waals surface area (Å²) in [5, 5.41) is 8.94. The third kappa shape index (κ3) is 2.60. The first-order valence-corrected chi connectivity index (χ1v) is 6.67. The Labute approximate surface area is 119 Å². The lowest BCUT2D eigenvalue weighted by molar-refractivity contribution is 0.0766. The van der Waals surface area contributed by atoms with Crippen LogP contribution in [-0.2, 0) is 0 Å². The summed E-state index contributed by atoms with van der Waals surface area (Å²) in [6, 6.07) is 11.9. The van der Waals surface area contributed by atoms with E-state index in [9.17, 15) is 4.79 Å². The van der Waals surface area contributed by atoms with Crippen molar-refractivity contribution in [3.63, 3.8) is 0 Å². The van der Waals surface area contributed by atoms with E-state index in [0.717, 1.165) is 17.1 Å². The van der Waals surface area contributed by atoms with E-state index in [1.54, 1.807) is 7.05 Å². The zero-order valence-electron chi connectivity index (χ0n) is 12.1. The number of aryl methyl sites for hydroxylation is 1. The normalized spacial score (nSPS) is 10.6. The van der Waals surface area contributed by atoms with E-state index in [4.69, 9.17) is 5.11 Å². The Morgan fingerprint density at radius 1 is 1.25 bits per heavy atom. The van der Waals surface area contributed by atoms with E-state index < -0.39 is 0 Å². The second kappa shape index (κ2) is 5.92. The summed E-state index contributed by atoms with van der Waals surface area (Å²) in [5.41, 5.74) is 3.67. The molecule has 1 aromatic heterocycles. The standard InChI is InChI=1S/C16H20N2O2/c1-12-11-15(16(20)17(3)9-10-19)13(2)18(12)14-7-5-4-6-8-14/h4-8,11,19H,9-10H2,1-3H3. The summed E-state index contributed by atoms with van der Waals surface area (Å²) in [7, 11) is 1.70. The molecule has 1 heterocycles. The van der Waals surface area contributed by atoms with Gasteiger partial charge < -0.3 is 14.6 Å². The number of benzene rings is 1. The molecule has 0 unspecified atom stereocenters. The number of carbonyl (C=O) groups excluding carboxylic acids is 1. The molecule has 0 spiro atoms. The molecule has 0 fully saturated rings. The molecule has 0 saturated heterocycles. The van der Waals surface area contributed by atoms with Gasteiger partial charge in [0.15, 0.2) is 0 Å². The van der Waals surface area contributed by atoms with Crippen LogP contribution in [-0.4, -0.2) is 40.7 Å². The molecule has 20 heavy (non-hydrogen) atoms. The number of rotatable bonds is 4. The topological polar surface area (TPSA) is 45.5 Å². The fourth-order valence-corrected chi connectivity index (χ4v) is 2.41. The SMILES string of the molecule is Cc1cc(C(=O)N(C)CCO)c(C)n1-c1ccccc1. The lowest BCUT2D eigenvalue weighted by atomic mass is 10.2. The highest BCUT2D eigenvalue weighted by molar-refractivity contribution is 5.95. The van der Waals surface area contributed by atoms with Crippen LogP contribution < -0.4 is 0 Å². The van der Waals surface area contributed by atoms with Gasteiger partial charge in [-0.15, -0.1) is 0 Å². The number of aromatic nitrogens is 1. The summed E-state index contributed by atoms with van der Waals surface area (Å²) < 4.78 is 2.07. The number of nitrogens with zero attached hydrogens (tertiary/aromatic N) is 2. The number of hydrogen-bond donors (Lipinski definition) is 1. The molecule has 2 rings (SSSR count). The van der Waals surface area contributed by atoms with E-state index in [1.165, 1.54) is 4.90 Å². The number of para-hydroxylation sites is 1. The van der Waals surface area contributed by atoms with E-state index in [1.807, 2.05) is 50.2 Å². The van der Waals surface area contributed by atoms with E-state index in [-0.39, 0.29) is 12.5 Å². The van der Waals surface area contributed by atoms with Crippen LogP contribution in [0.25, 0.3) is 5.69 Å². The molecule has 0 bridgehead atoms. The molecule has 0 saturated carbocycles. The Bertz CT molecular complexity index is 602. The molecule has 0 aliphatic rings. The monoisotopic (exact) mass is 272 g/mol. The van der Waals surface area contributed by atoms with Crippen molar-refractivity contribution in [1.82, 2.24) is 9.47 Å². The van der Waals surface area contributed by atoms with Crippen LogP contribution in [0, 0.1) is 13.8 Å². The Kier molecular flexibility index (Phi) is 4.25. The van der Waals surface area contributed by atoms with Gasteiger partial charge >= 0.3 is 0 Å². The smallest absolute Gasteiger partial charge is 0.255 e. The summed E-state index contributed by atoms with van der Waals surface area (Å²) >= 11 is 0. The van der Waals surface area contributed by atoms with Crippen LogP contribution in [0.15, 0.2) is 36.4 Å². The quantitative estimate of drug-likeness (QED) is 0.927. The fraction of sp³-hybridized carbons (Fsp3) is 0.312. The number of aliphatic hydroxyl groups is 1. The summed E-state index contributed by atoms with van der Waals surface area (Å²) in [5.74, 6) is -0.0608. The molecule has 0 aliphatic heterocycles. The first-order valence-electron chi connectivity index (χ1n) is 6.67. The lowest BCUT2D eigenvalue weighted by Crippen LogP contribution is -2.29. The van der Waals surface area contributed by atoms with Gasteiger partial charge in [0.2, 0.25) is 0 Å². The molecule has 0 radical (unpaired) electrons. The van der Waals surface area contributed by atoms with Crippen LogP contribution in [0.5, 0.6) is 0 Å². The van der Waals surface area contributed by atoms with Crippen LogP contribution >= 0.6 is 0 Å². The zero-order valence-corrected chi connectivity index (χ0v) is 12.1. The highest BCUT2D eigenvalue weighted by atomic mass is 16.3. The van der Waals surface area contributed by atoms with Gasteiger partial charge in [-0.1, -0.05) is 18.2 Å². The number of hydrogen-bond acceptors (Lipinski definition) is 2. The third-order valence-electron chi connectivity index (χ3n) is 3.46. The van der Waals surface area contributed by atoms with Crippen molar-refractivity contribution in [3.05, 3.63) is 53.3 Å². The van der Waals surface area contributed by atoms with Crippen molar-refractivity contribution in [1.29, 1.82) is 0 Å². The average molecular weight is 272 g/mol. The third-order valence-corrected chi connectivity index (χ3v) is 3.46. The predicted octanol–water partition coefficient (Wildman–Crippen LogP) is 2.16. The van der Waals surface area contributed by atoms with Crippen LogP contribution in [0.2, 0.25) is 0 Å². The molecular weight excluding hydrogens is 252 g/mol. The Morgan fingerprint density at radius 2 is 1.90 bits per heavy atom. The van der Waals surface area contributed by atoms with Gasteiger partial charge in [0, 0.05) is 30.7 Å². The molecule has 0 aliphatic carbocycles. The predicted molar refractivity (Wildman–Crippen MR) is 79.3 cm³/mol. The largest absolute Gasteiger partial charge is 0.395 e. The molecular formula is C16H20N2O2. The van der Waals surface area contributed by atoms with Crippen LogP contribution in [0.3, 0.4) is 0 Å². The van der Waals surface area contributed by atoms with Crippen molar-refractivity contribution in [3.8, 4) is 5.69 Å². The van der Waals surface area contributed by atoms with E-state index in [0.29, 0.717) is 12.1 Å². The van der Waals surface area contributed by atoms with Crippen molar-refractivity contribution in [2.45, 2.75) is 13.8 Å². The van der Waals surface area contributed by atoms with E-state index in [2.05, 4.69) is 4.57 Å². The van der Waals surface area contributed by atoms with E-state index >= 15 is 0 Å². The van der Waals surface area contributed by atoms with Crippen LogP contribution in [0.4, 0.5) is 0 Å². The Hall–Kier alpha value is -2.07. The second-order valence-electron chi connectivity index (χ2n) is 4.91. The van der Waals surface area contributed by atoms with Crippen molar-refractivity contribution >= 4 is 5.91 Å². The molecule has 2 aromatic rings. The van der Waals surface area contributed by atoms with Crippen molar-refractivity contribution in [2.24, 2.45) is 0 Å². The van der Waals surface area contributed by atoms with Gasteiger partial charge in [0.25, 0.3) is 5.91 Å². The molecule has 1 aromatic carbocycles. The first-order chi connectivity index (χ1) is 9.56. The molecule has 106 valence electrons. The zero-order chi connectivity index (χ0) is 14.7. The minimum atomic E-state index is -0.0608. The number of carbonyl (C=O) groups is 1. The molecule has 0 atom stereocenters. The van der Waals surface area contributed by atoms with Crippen molar-refractivity contribution < 1.29 is 9.90 Å². The Morgan fingerprint density at radius 3 is 2.50 bits per heavy atom. The highest BCUT2D eigenvalue weighted by Gasteiger charge is 2.19. The Balaban J connectivity index is 2.42. The van der Waals surface area contributed by atoms with Gasteiger partial charge in [-0.2, -0.15) is 0 Å².